The molecule has 2 rings (SSSR count). The lowest BCUT2D eigenvalue weighted by Crippen LogP contribution is -2.14. The summed E-state index contributed by atoms with van der Waals surface area (Å²) in [5.74, 6) is -1.64. The van der Waals surface area contributed by atoms with Gasteiger partial charge in [0.25, 0.3) is 10.0 Å². The zero-order chi connectivity index (χ0) is 14.0. The van der Waals surface area contributed by atoms with Crippen molar-refractivity contribution in [2.24, 2.45) is 0 Å². The van der Waals surface area contributed by atoms with Crippen molar-refractivity contribution >= 4 is 27.3 Å². The summed E-state index contributed by atoms with van der Waals surface area (Å²) in [5.41, 5.74) is -0.477. The minimum absolute atomic E-state index is 0.121. The lowest BCUT2D eigenvalue weighted by atomic mass is 10.3. The molecule has 1 heterocycles. The highest BCUT2D eigenvalue weighted by atomic mass is 35.5. The average Bonchev–Trinajstić information content (AvgIpc) is 2.34. The van der Waals surface area contributed by atoms with Crippen LogP contribution in [-0.2, 0) is 10.0 Å². The molecule has 0 atom stereocenters. The van der Waals surface area contributed by atoms with Crippen molar-refractivity contribution in [3.63, 3.8) is 0 Å². The summed E-state index contributed by atoms with van der Waals surface area (Å²) in [5, 5.41) is 0.121. The van der Waals surface area contributed by atoms with E-state index in [4.69, 9.17) is 11.6 Å². The van der Waals surface area contributed by atoms with Gasteiger partial charge in [-0.15, -0.1) is 0 Å². The third-order valence-corrected chi connectivity index (χ3v) is 3.76. The highest BCUT2D eigenvalue weighted by molar-refractivity contribution is 7.92. The number of nitrogens with zero attached hydrogens (tertiary/aromatic N) is 1. The molecule has 0 unspecified atom stereocenters. The van der Waals surface area contributed by atoms with Gasteiger partial charge in [-0.1, -0.05) is 11.6 Å². The number of nitrogens with one attached hydrogen (secondary N) is 1. The van der Waals surface area contributed by atoms with Crippen molar-refractivity contribution in [3.8, 4) is 0 Å². The Kier molecular flexibility index (Phi) is 3.68. The maximum absolute atomic E-state index is 13.3. The predicted molar refractivity (Wildman–Crippen MR) is 66.4 cm³/mol. The molecule has 19 heavy (non-hydrogen) atoms. The third kappa shape index (κ3) is 3.18. The summed E-state index contributed by atoms with van der Waals surface area (Å²) in [7, 11) is -4.05. The van der Waals surface area contributed by atoms with Crippen LogP contribution in [0.4, 0.5) is 14.5 Å². The van der Waals surface area contributed by atoms with Crippen molar-refractivity contribution in [1.29, 1.82) is 0 Å². The summed E-state index contributed by atoms with van der Waals surface area (Å²) in [4.78, 5) is 3.40. The first kappa shape index (κ1) is 13.7. The molecule has 0 aliphatic carbocycles. The van der Waals surface area contributed by atoms with Crippen molar-refractivity contribution in [3.05, 3.63) is 53.3 Å². The lowest BCUT2D eigenvalue weighted by Gasteiger charge is -2.08. The number of halogens is 3. The standard InChI is InChI=1S/C11H7ClF2N2O2S/c12-11-4-2-8(6-15-11)19(17,18)16-10-5-7(13)1-3-9(10)14/h1-6,16H. The van der Waals surface area contributed by atoms with Gasteiger partial charge in [-0.05, 0) is 24.3 Å². The second-order valence-electron chi connectivity index (χ2n) is 3.55. The maximum Gasteiger partial charge on any atom is 0.263 e. The van der Waals surface area contributed by atoms with Crippen LogP contribution in [0.1, 0.15) is 0 Å². The first-order valence-electron chi connectivity index (χ1n) is 4.98. The minimum Gasteiger partial charge on any atom is -0.276 e. The monoisotopic (exact) mass is 304 g/mol. The fourth-order valence-electron chi connectivity index (χ4n) is 1.30. The topological polar surface area (TPSA) is 59.1 Å². The summed E-state index contributed by atoms with van der Waals surface area (Å²) in [6, 6.07) is 4.94. The molecule has 0 fully saturated rings. The van der Waals surface area contributed by atoms with E-state index in [1.807, 2.05) is 4.72 Å². The zero-order valence-corrected chi connectivity index (χ0v) is 10.8. The Bertz CT molecular complexity index is 705. The molecule has 0 saturated carbocycles. The van der Waals surface area contributed by atoms with Gasteiger partial charge in [0.2, 0.25) is 0 Å². The Morgan fingerprint density at radius 2 is 1.89 bits per heavy atom. The van der Waals surface area contributed by atoms with Gasteiger partial charge < -0.3 is 0 Å². The predicted octanol–water partition coefficient (Wildman–Crippen LogP) is 2.81. The number of anilines is 1. The molecule has 1 aromatic carbocycles. The molecule has 0 bridgehead atoms. The number of hydrogen-bond donors (Lipinski definition) is 1. The minimum atomic E-state index is -4.05. The first-order valence-corrected chi connectivity index (χ1v) is 6.84. The second kappa shape index (κ2) is 5.10. The normalized spacial score (nSPS) is 11.3. The summed E-state index contributed by atoms with van der Waals surface area (Å²) in [6.45, 7) is 0. The van der Waals surface area contributed by atoms with Gasteiger partial charge in [0, 0.05) is 12.3 Å². The number of rotatable bonds is 3. The molecular weight excluding hydrogens is 298 g/mol. The van der Waals surface area contributed by atoms with Gasteiger partial charge in [-0.3, -0.25) is 4.72 Å². The van der Waals surface area contributed by atoms with Crippen LogP contribution in [0.5, 0.6) is 0 Å². The van der Waals surface area contributed by atoms with Gasteiger partial charge in [-0.25, -0.2) is 22.2 Å². The van der Waals surface area contributed by atoms with Gasteiger partial charge >= 0.3 is 0 Å². The van der Waals surface area contributed by atoms with Crippen LogP contribution in [0.2, 0.25) is 5.15 Å². The SMILES string of the molecule is O=S(=O)(Nc1cc(F)ccc1F)c1ccc(Cl)nc1. The summed E-state index contributed by atoms with van der Waals surface area (Å²) >= 11 is 5.53. The molecule has 0 spiro atoms. The largest absolute Gasteiger partial charge is 0.276 e. The van der Waals surface area contributed by atoms with Crippen LogP contribution in [0.15, 0.2) is 41.4 Å². The molecule has 0 aliphatic rings. The van der Waals surface area contributed by atoms with Crippen LogP contribution in [0, 0.1) is 11.6 Å². The molecule has 2 aromatic rings. The van der Waals surface area contributed by atoms with E-state index in [-0.39, 0.29) is 10.0 Å². The number of aromatic nitrogens is 1. The Morgan fingerprint density at radius 1 is 1.16 bits per heavy atom. The van der Waals surface area contributed by atoms with Gasteiger partial charge in [0.05, 0.1) is 5.69 Å². The van der Waals surface area contributed by atoms with Gasteiger partial charge in [0.1, 0.15) is 21.7 Å². The van der Waals surface area contributed by atoms with E-state index in [0.29, 0.717) is 0 Å². The van der Waals surface area contributed by atoms with E-state index >= 15 is 0 Å². The van der Waals surface area contributed by atoms with Crippen LogP contribution < -0.4 is 4.72 Å². The van der Waals surface area contributed by atoms with E-state index in [1.165, 1.54) is 12.1 Å². The Morgan fingerprint density at radius 3 is 2.53 bits per heavy atom. The molecule has 4 nitrogen and oxygen atoms in total. The Balaban J connectivity index is 2.36. The molecule has 0 saturated heterocycles. The molecule has 0 aliphatic heterocycles. The van der Waals surface area contributed by atoms with E-state index in [9.17, 15) is 17.2 Å². The van der Waals surface area contributed by atoms with Crippen LogP contribution >= 0.6 is 11.6 Å². The van der Waals surface area contributed by atoms with E-state index in [2.05, 4.69) is 4.98 Å². The molecule has 1 N–H and O–H groups in total. The molecule has 100 valence electrons. The zero-order valence-electron chi connectivity index (χ0n) is 9.27. The van der Waals surface area contributed by atoms with Crippen molar-refractivity contribution in [2.45, 2.75) is 4.90 Å². The summed E-state index contributed by atoms with van der Waals surface area (Å²) in [6.07, 6.45) is 1.02. The summed E-state index contributed by atoms with van der Waals surface area (Å²) < 4.78 is 52.0. The van der Waals surface area contributed by atoms with Gasteiger partial charge in [-0.2, -0.15) is 0 Å². The van der Waals surface area contributed by atoms with Crippen molar-refractivity contribution in [2.75, 3.05) is 4.72 Å². The number of benzene rings is 1. The van der Waals surface area contributed by atoms with Crippen LogP contribution in [-0.4, -0.2) is 13.4 Å². The highest BCUT2D eigenvalue weighted by Crippen LogP contribution is 2.20. The Hall–Kier alpha value is -1.73. The van der Waals surface area contributed by atoms with Gasteiger partial charge in [0.15, 0.2) is 0 Å². The highest BCUT2D eigenvalue weighted by Gasteiger charge is 2.17. The van der Waals surface area contributed by atoms with Crippen LogP contribution in [0.25, 0.3) is 0 Å². The third-order valence-electron chi connectivity index (χ3n) is 2.18. The number of sulfonamides is 1. The maximum atomic E-state index is 13.3. The first-order chi connectivity index (χ1) is 8.88. The molecule has 8 heteroatoms. The molecule has 0 amide bonds. The molecule has 1 aromatic heterocycles. The number of pyridine rings is 1. The van der Waals surface area contributed by atoms with E-state index < -0.39 is 27.3 Å². The van der Waals surface area contributed by atoms with Crippen molar-refractivity contribution in [1.82, 2.24) is 4.98 Å². The van der Waals surface area contributed by atoms with Crippen LogP contribution in [0.3, 0.4) is 0 Å². The lowest BCUT2D eigenvalue weighted by molar-refractivity contribution is 0.594. The fraction of sp³-hybridized carbons (Fsp3) is 0. The molecule has 0 radical (unpaired) electrons. The van der Waals surface area contributed by atoms with E-state index in [1.54, 1.807) is 0 Å². The number of hydrogen-bond acceptors (Lipinski definition) is 3. The molecular formula is C11H7ClF2N2O2S. The smallest absolute Gasteiger partial charge is 0.263 e. The van der Waals surface area contributed by atoms with Crippen molar-refractivity contribution < 1.29 is 17.2 Å². The second-order valence-corrected chi connectivity index (χ2v) is 5.62. The van der Waals surface area contributed by atoms with E-state index in [0.717, 1.165) is 24.4 Å². The quantitative estimate of drug-likeness (QED) is 0.887. The average molecular weight is 305 g/mol. The fourth-order valence-corrected chi connectivity index (χ4v) is 2.41. The Labute approximate surface area is 113 Å².